The number of hydrogen-bond donors (Lipinski definition) is 0. The number of fused-ring (bicyclic) bond motifs is 1. The molecule has 2 heterocycles. The van der Waals surface area contributed by atoms with E-state index in [4.69, 9.17) is 9.26 Å². The highest BCUT2D eigenvalue weighted by atomic mass is 16.5. The molecular formula is C22H26N2O2. The van der Waals surface area contributed by atoms with Crippen LogP contribution in [0.2, 0.25) is 0 Å². The van der Waals surface area contributed by atoms with Crippen LogP contribution in [-0.2, 0) is 12.8 Å². The summed E-state index contributed by atoms with van der Waals surface area (Å²) in [6, 6.07) is 16.4. The van der Waals surface area contributed by atoms with Crippen molar-refractivity contribution in [2.24, 2.45) is 0 Å². The minimum absolute atomic E-state index is 0.754. The van der Waals surface area contributed by atoms with Crippen LogP contribution in [-0.4, -0.2) is 36.3 Å². The van der Waals surface area contributed by atoms with Gasteiger partial charge in [-0.1, -0.05) is 41.9 Å². The average Bonchev–Trinajstić information content (AvgIpc) is 3.11. The number of nitrogens with zero attached hydrogens (tertiary/aromatic N) is 2. The van der Waals surface area contributed by atoms with Gasteiger partial charge in [0.2, 0.25) is 0 Å². The van der Waals surface area contributed by atoms with Crippen molar-refractivity contribution in [3.05, 3.63) is 59.8 Å². The summed E-state index contributed by atoms with van der Waals surface area (Å²) in [5, 5.41) is 5.35. The lowest BCUT2D eigenvalue weighted by Crippen LogP contribution is -2.33. The molecule has 1 aliphatic rings. The number of para-hydroxylation sites is 2. The molecular weight excluding hydrogens is 324 g/mol. The fourth-order valence-electron chi connectivity index (χ4n) is 3.69. The standard InChI is InChI=1S/C22H26N2O2/c1-6-14-24(15-7-1)16-17-25-21-10-4-2-8-18(21)12-13-20-19-9-3-5-11-22(19)26-23-20/h2-5,8-11H,1,6-7,12-17H2. The molecule has 0 radical (unpaired) electrons. The van der Waals surface area contributed by atoms with Gasteiger partial charge in [-0.2, -0.15) is 0 Å². The van der Waals surface area contributed by atoms with Crippen molar-refractivity contribution in [1.29, 1.82) is 0 Å². The molecule has 1 saturated heterocycles. The van der Waals surface area contributed by atoms with Crippen LogP contribution < -0.4 is 4.74 Å². The molecule has 1 fully saturated rings. The van der Waals surface area contributed by atoms with Gasteiger partial charge in [0, 0.05) is 11.9 Å². The SMILES string of the molecule is c1ccc(OCCN2CCCCC2)c(CCc2noc3ccccc23)c1. The Hall–Kier alpha value is -2.33. The first-order chi connectivity index (χ1) is 12.9. The summed E-state index contributed by atoms with van der Waals surface area (Å²) in [7, 11) is 0. The van der Waals surface area contributed by atoms with Gasteiger partial charge in [0.15, 0.2) is 5.58 Å². The highest BCUT2D eigenvalue weighted by molar-refractivity contribution is 5.79. The number of aryl methyl sites for hydroxylation is 2. The summed E-state index contributed by atoms with van der Waals surface area (Å²) in [5.41, 5.74) is 3.11. The fraction of sp³-hybridized carbons (Fsp3) is 0.409. The van der Waals surface area contributed by atoms with E-state index in [-0.39, 0.29) is 0 Å². The molecule has 4 rings (SSSR count). The van der Waals surface area contributed by atoms with Crippen LogP contribution in [0, 0.1) is 0 Å². The van der Waals surface area contributed by atoms with Crippen LogP contribution in [0.15, 0.2) is 53.1 Å². The Morgan fingerprint density at radius 1 is 0.923 bits per heavy atom. The lowest BCUT2D eigenvalue weighted by atomic mass is 10.1. The number of ether oxygens (including phenoxy) is 1. The molecule has 0 aliphatic carbocycles. The summed E-state index contributed by atoms with van der Waals surface area (Å²) < 4.78 is 11.5. The predicted molar refractivity (Wildman–Crippen MR) is 104 cm³/mol. The fourth-order valence-corrected chi connectivity index (χ4v) is 3.69. The highest BCUT2D eigenvalue weighted by Crippen LogP contribution is 2.23. The van der Waals surface area contributed by atoms with Gasteiger partial charge in [-0.25, -0.2) is 0 Å². The van der Waals surface area contributed by atoms with E-state index >= 15 is 0 Å². The Labute approximate surface area is 154 Å². The average molecular weight is 350 g/mol. The minimum atomic E-state index is 0.754. The van der Waals surface area contributed by atoms with Gasteiger partial charge in [0.1, 0.15) is 12.4 Å². The van der Waals surface area contributed by atoms with Crippen LogP contribution >= 0.6 is 0 Å². The van der Waals surface area contributed by atoms with E-state index in [2.05, 4.69) is 34.3 Å². The molecule has 4 nitrogen and oxygen atoms in total. The largest absolute Gasteiger partial charge is 0.492 e. The van der Waals surface area contributed by atoms with Crippen molar-refractivity contribution in [3.8, 4) is 5.75 Å². The first kappa shape index (κ1) is 17.1. The summed E-state index contributed by atoms with van der Waals surface area (Å²) in [5.74, 6) is 0.998. The molecule has 3 aromatic rings. The van der Waals surface area contributed by atoms with E-state index in [9.17, 15) is 0 Å². The van der Waals surface area contributed by atoms with Crippen molar-refractivity contribution < 1.29 is 9.26 Å². The molecule has 2 aromatic carbocycles. The van der Waals surface area contributed by atoms with E-state index in [0.29, 0.717) is 0 Å². The van der Waals surface area contributed by atoms with Crippen LogP contribution in [0.1, 0.15) is 30.5 Å². The van der Waals surface area contributed by atoms with Crippen molar-refractivity contribution in [2.75, 3.05) is 26.2 Å². The molecule has 0 bridgehead atoms. The van der Waals surface area contributed by atoms with Gasteiger partial charge in [0.25, 0.3) is 0 Å². The second-order valence-electron chi connectivity index (χ2n) is 6.98. The third-order valence-electron chi connectivity index (χ3n) is 5.17. The Bertz CT molecular complexity index is 837. The number of hydrogen-bond acceptors (Lipinski definition) is 4. The first-order valence-corrected chi connectivity index (χ1v) is 9.66. The van der Waals surface area contributed by atoms with Crippen LogP contribution in [0.25, 0.3) is 11.0 Å². The quantitative estimate of drug-likeness (QED) is 0.630. The van der Waals surface area contributed by atoms with Gasteiger partial charge >= 0.3 is 0 Å². The monoisotopic (exact) mass is 350 g/mol. The Morgan fingerprint density at radius 2 is 1.73 bits per heavy atom. The second kappa shape index (κ2) is 8.37. The van der Waals surface area contributed by atoms with Crippen molar-refractivity contribution in [3.63, 3.8) is 0 Å². The molecule has 26 heavy (non-hydrogen) atoms. The maximum Gasteiger partial charge on any atom is 0.167 e. The van der Waals surface area contributed by atoms with Crippen molar-refractivity contribution in [2.45, 2.75) is 32.1 Å². The van der Waals surface area contributed by atoms with Gasteiger partial charge in [-0.15, -0.1) is 0 Å². The molecule has 0 N–H and O–H groups in total. The predicted octanol–water partition coefficient (Wildman–Crippen LogP) is 4.48. The van der Waals surface area contributed by atoms with Gasteiger partial charge < -0.3 is 9.26 Å². The van der Waals surface area contributed by atoms with Crippen LogP contribution in [0.4, 0.5) is 0 Å². The number of rotatable bonds is 7. The van der Waals surface area contributed by atoms with E-state index in [1.807, 2.05) is 24.3 Å². The molecule has 0 amide bonds. The van der Waals surface area contributed by atoms with E-state index in [1.54, 1.807) is 0 Å². The Kier molecular flexibility index (Phi) is 5.50. The van der Waals surface area contributed by atoms with E-state index in [0.717, 1.165) is 48.4 Å². The van der Waals surface area contributed by atoms with Crippen LogP contribution in [0.5, 0.6) is 5.75 Å². The molecule has 0 atom stereocenters. The zero-order chi connectivity index (χ0) is 17.6. The van der Waals surface area contributed by atoms with E-state index in [1.165, 1.54) is 37.9 Å². The number of benzene rings is 2. The smallest absolute Gasteiger partial charge is 0.167 e. The molecule has 1 aliphatic heterocycles. The van der Waals surface area contributed by atoms with Crippen LogP contribution in [0.3, 0.4) is 0 Å². The van der Waals surface area contributed by atoms with E-state index < -0.39 is 0 Å². The number of piperidine rings is 1. The molecule has 1 aromatic heterocycles. The number of aromatic nitrogens is 1. The minimum Gasteiger partial charge on any atom is -0.492 e. The Morgan fingerprint density at radius 3 is 2.65 bits per heavy atom. The first-order valence-electron chi connectivity index (χ1n) is 9.66. The summed E-state index contributed by atoms with van der Waals surface area (Å²) in [6.07, 6.45) is 5.77. The van der Waals surface area contributed by atoms with Crippen molar-refractivity contribution in [1.82, 2.24) is 10.1 Å². The molecule has 0 spiro atoms. The third-order valence-corrected chi connectivity index (χ3v) is 5.17. The molecule has 4 heteroatoms. The molecule has 0 unspecified atom stereocenters. The normalized spacial score (nSPS) is 15.4. The van der Waals surface area contributed by atoms with Gasteiger partial charge in [-0.05, 0) is 62.5 Å². The third kappa shape index (κ3) is 4.07. The Balaban J connectivity index is 1.36. The highest BCUT2D eigenvalue weighted by Gasteiger charge is 2.12. The molecule has 0 saturated carbocycles. The summed E-state index contributed by atoms with van der Waals surface area (Å²) in [6.45, 7) is 4.20. The lowest BCUT2D eigenvalue weighted by molar-refractivity contribution is 0.182. The van der Waals surface area contributed by atoms with Gasteiger partial charge in [-0.3, -0.25) is 4.90 Å². The van der Waals surface area contributed by atoms with Gasteiger partial charge in [0.05, 0.1) is 5.69 Å². The summed E-state index contributed by atoms with van der Waals surface area (Å²) >= 11 is 0. The number of likely N-dealkylation sites (tertiary alicyclic amines) is 1. The van der Waals surface area contributed by atoms with Crippen molar-refractivity contribution >= 4 is 11.0 Å². The zero-order valence-corrected chi connectivity index (χ0v) is 15.2. The topological polar surface area (TPSA) is 38.5 Å². The molecule has 136 valence electrons. The zero-order valence-electron chi connectivity index (χ0n) is 15.2. The maximum absolute atomic E-state index is 6.11. The lowest BCUT2D eigenvalue weighted by Gasteiger charge is -2.26. The maximum atomic E-state index is 6.11. The second-order valence-corrected chi connectivity index (χ2v) is 6.98. The summed E-state index contributed by atoms with van der Waals surface area (Å²) in [4.78, 5) is 2.51.